The van der Waals surface area contributed by atoms with Gasteiger partial charge in [0, 0.05) is 65.3 Å². The molecule has 1 fully saturated rings. The number of aromatic amines is 1. The van der Waals surface area contributed by atoms with Gasteiger partial charge in [0.05, 0.1) is 10.6 Å². The van der Waals surface area contributed by atoms with Gasteiger partial charge in [0.15, 0.2) is 5.13 Å². The number of piperazine rings is 1. The number of anilines is 2. The van der Waals surface area contributed by atoms with Crippen molar-refractivity contribution in [2.75, 3.05) is 43.4 Å². The number of para-hydroxylation sites is 1. The molecule has 5 rings (SSSR count). The van der Waals surface area contributed by atoms with Gasteiger partial charge in [-0.2, -0.15) is 0 Å². The SMILES string of the molecule is Cc1[nH]c2ccccc2c1-c1csc(NC(=O)c2ccc(N3CCN(C)CC3)c([N+](=O)[O-])c2)n1. The topological polar surface area (TPSA) is 107 Å². The fraction of sp³-hybridized carbons (Fsp3) is 0.250. The highest BCUT2D eigenvalue weighted by molar-refractivity contribution is 7.14. The summed E-state index contributed by atoms with van der Waals surface area (Å²) in [7, 11) is 2.03. The number of fused-ring (bicyclic) bond motifs is 1. The number of hydrogen-bond acceptors (Lipinski definition) is 7. The minimum atomic E-state index is -0.426. The molecule has 0 radical (unpaired) electrons. The van der Waals surface area contributed by atoms with Crippen LogP contribution in [-0.4, -0.2) is 58.9 Å². The Hall–Kier alpha value is -3.76. The number of likely N-dealkylation sites (N-methyl/N-ethyl adjacent to an activating group) is 1. The lowest BCUT2D eigenvalue weighted by atomic mass is 10.1. The summed E-state index contributed by atoms with van der Waals surface area (Å²) < 4.78 is 0. The van der Waals surface area contributed by atoms with E-state index in [0.717, 1.165) is 40.9 Å². The van der Waals surface area contributed by atoms with Crippen molar-refractivity contribution in [2.45, 2.75) is 6.92 Å². The first-order valence-corrected chi connectivity index (χ1v) is 11.8. The molecule has 3 heterocycles. The maximum Gasteiger partial charge on any atom is 0.293 e. The van der Waals surface area contributed by atoms with E-state index in [2.05, 4.69) is 20.2 Å². The lowest BCUT2D eigenvalue weighted by Crippen LogP contribution is -2.44. The van der Waals surface area contributed by atoms with Crippen LogP contribution < -0.4 is 10.2 Å². The summed E-state index contributed by atoms with van der Waals surface area (Å²) in [5.41, 5.74) is 4.50. The number of nitrogens with zero attached hydrogens (tertiary/aromatic N) is 4. The third kappa shape index (κ3) is 4.13. The largest absolute Gasteiger partial charge is 0.363 e. The Bertz CT molecular complexity index is 1390. The summed E-state index contributed by atoms with van der Waals surface area (Å²) in [6.07, 6.45) is 0. The number of aromatic nitrogens is 2. The van der Waals surface area contributed by atoms with Crippen LogP contribution in [0.4, 0.5) is 16.5 Å². The van der Waals surface area contributed by atoms with E-state index in [4.69, 9.17) is 0 Å². The van der Waals surface area contributed by atoms with Gasteiger partial charge in [0.2, 0.25) is 0 Å². The van der Waals surface area contributed by atoms with Crippen molar-refractivity contribution in [2.24, 2.45) is 0 Å². The van der Waals surface area contributed by atoms with Gasteiger partial charge >= 0.3 is 0 Å². The standard InChI is InChI=1S/C24H24N6O3S/c1-15-22(17-5-3-4-6-18(17)25-15)19-14-34-24(26-19)27-23(31)16-7-8-20(21(13-16)30(32)33)29-11-9-28(2)10-12-29/h3-8,13-14,25H,9-12H2,1-2H3,(H,26,27,31). The number of thiazole rings is 1. The monoisotopic (exact) mass is 476 g/mol. The summed E-state index contributed by atoms with van der Waals surface area (Å²) >= 11 is 1.32. The van der Waals surface area contributed by atoms with E-state index >= 15 is 0 Å². The molecule has 9 nitrogen and oxygen atoms in total. The molecule has 0 unspecified atom stereocenters. The number of aryl methyl sites for hydroxylation is 1. The molecule has 0 atom stereocenters. The maximum absolute atomic E-state index is 12.9. The lowest BCUT2D eigenvalue weighted by Gasteiger charge is -2.33. The Labute approximate surface area is 200 Å². The molecule has 2 N–H and O–H groups in total. The molecule has 0 saturated carbocycles. The van der Waals surface area contributed by atoms with Crippen LogP contribution in [0.2, 0.25) is 0 Å². The molecular weight excluding hydrogens is 452 g/mol. The lowest BCUT2D eigenvalue weighted by molar-refractivity contribution is -0.384. The number of nitro benzene ring substituents is 1. The zero-order valence-electron chi connectivity index (χ0n) is 18.9. The molecule has 2 aromatic carbocycles. The summed E-state index contributed by atoms with van der Waals surface area (Å²) in [4.78, 5) is 36.4. The van der Waals surface area contributed by atoms with Crippen molar-refractivity contribution in [1.82, 2.24) is 14.9 Å². The Morgan fingerprint density at radius 2 is 1.94 bits per heavy atom. The molecule has 0 aliphatic carbocycles. The third-order valence-corrected chi connectivity index (χ3v) is 6.91. The molecule has 34 heavy (non-hydrogen) atoms. The Morgan fingerprint density at radius 3 is 2.71 bits per heavy atom. The minimum absolute atomic E-state index is 0.0635. The van der Waals surface area contributed by atoms with Crippen molar-refractivity contribution in [3.63, 3.8) is 0 Å². The van der Waals surface area contributed by atoms with Crippen LogP contribution in [0.5, 0.6) is 0 Å². The normalized spacial score (nSPS) is 14.5. The molecule has 1 aliphatic rings. The highest BCUT2D eigenvalue weighted by Gasteiger charge is 2.24. The van der Waals surface area contributed by atoms with Gasteiger partial charge in [0.1, 0.15) is 5.69 Å². The molecule has 1 amide bonds. The van der Waals surface area contributed by atoms with E-state index < -0.39 is 10.8 Å². The summed E-state index contributed by atoms with van der Waals surface area (Å²) in [6.45, 7) is 5.08. The van der Waals surface area contributed by atoms with E-state index in [1.807, 2.05) is 48.5 Å². The first-order chi connectivity index (χ1) is 16.4. The molecule has 0 bridgehead atoms. The fourth-order valence-electron chi connectivity index (χ4n) is 4.35. The van der Waals surface area contributed by atoms with Gasteiger partial charge in [-0.15, -0.1) is 11.3 Å². The van der Waals surface area contributed by atoms with E-state index in [1.165, 1.54) is 17.4 Å². The second-order valence-electron chi connectivity index (χ2n) is 8.41. The second kappa shape index (κ2) is 8.88. The molecule has 174 valence electrons. The van der Waals surface area contributed by atoms with Crippen LogP contribution in [0.1, 0.15) is 16.1 Å². The minimum Gasteiger partial charge on any atom is -0.363 e. The average Bonchev–Trinajstić information content (AvgIpc) is 3.41. The average molecular weight is 477 g/mol. The maximum atomic E-state index is 12.9. The number of carbonyl (C=O) groups excluding carboxylic acids is 1. The van der Waals surface area contributed by atoms with Crippen LogP contribution in [-0.2, 0) is 0 Å². The Balaban J connectivity index is 1.38. The number of benzene rings is 2. The van der Waals surface area contributed by atoms with E-state index in [0.29, 0.717) is 23.9 Å². The zero-order valence-corrected chi connectivity index (χ0v) is 19.7. The van der Waals surface area contributed by atoms with Crippen molar-refractivity contribution in [3.05, 3.63) is 69.2 Å². The van der Waals surface area contributed by atoms with Crippen molar-refractivity contribution < 1.29 is 9.72 Å². The van der Waals surface area contributed by atoms with E-state index in [9.17, 15) is 14.9 Å². The summed E-state index contributed by atoms with van der Waals surface area (Å²) in [6, 6.07) is 12.7. The van der Waals surface area contributed by atoms with Crippen molar-refractivity contribution >= 4 is 44.7 Å². The number of H-pyrrole nitrogens is 1. The van der Waals surface area contributed by atoms with Crippen molar-refractivity contribution in [3.8, 4) is 11.3 Å². The molecule has 2 aromatic heterocycles. The van der Waals surface area contributed by atoms with Gasteiger partial charge in [0.25, 0.3) is 11.6 Å². The van der Waals surface area contributed by atoms with Crippen molar-refractivity contribution in [1.29, 1.82) is 0 Å². The van der Waals surface area contributed by atoms with Crippen LogP contribution in [0.3, 0.4) is 0 Å². The van der Waals surface area contributed by atoms with Gasteiger partial charge in [-0.1, -0.05) is 18.2 Å². The van der Waals surface area contributed by atoms with Gasteiger partial charge in [-0.05, 0) is 32.2 Å². The molecule has 0 spiro atoms. The predicted molar refractivity (Wildman–Crippen MR) is 135 cm³/mol. The van der Waals surface area contributed by atoms with Crippen LogP contribution in [0.15, 0.2) is 47.8 Å². The molecule has 1 saturated heterocycles. The van der Waals surface area contributed by atoms with E-state index in [-0.39, 0.29) is 11.3 Å². The smallest absolute Gasteiger partial charge is 0.293 e. The highest BCUT2D eigenvalue weighted by Crippen LogP contribution is 2.34. The molecule has 1 aliphatic heterocycles. The number of amides is 1. The molecule has 10 heteroatoms. The second-order valence-corrected chi connectivity index (χ2v) is 9.27. The number of hydrogen-bond donors (Lipinski definition) is 2. The van der Waals surface area contributed by atoms with Gasteiger partial charge < -0.3 is 14.8 Å². The fourth-order valence-corrected chi connectivity index (χ4v) is 5.04. The number of carbonyl (C=O) groups is 1. The first-order valence-electron chi connectivity index (χ1n) is 11.0. The Kier molecular flexibility index (Phi) is 5.76. The predicted octanol–water partition coefficient (Wildman–Crippen LogP) is 4.51. The van der Waals surface area contributed by atoms with Gasteiger partial charge in [-0.3, -0.25) is 20.2 Å². The number of rotatable bonds is 5. The summed E-state index contributed by atoms with van der Waals surface area (Å²) in [5, 5.41) is 18.0. The molecular formula is C24H24N6O3S. The first kappa shape index (κ1) is 22.1. The van der Waals surface area contributed by atoms with Gasteiger partial charge in [-0.25, -0.2) is 4.98 Å². The third-order valence-electron chi connectivity index (χ3n) is 6.15. The van der Waals surface area contributed by atoms with Crippen LogP contribution in [0.25, 0.3) is 22.2 Å². The highest BCUT2D eigenvalue weighted by atomic mass is 32.1. The zero-order chi connectivity index (χ0) is 23.8. The quantitative estimate of drug-likeness (QED) is 0.324. The number of nitrogens with one attached hydrogen (secondary N) is 2. The van der Waals surface area contributed by atoms with Crippen LogP contribution >= 0.6 is 11.3 Å². The van der Waals surface area contributed by atoms with Crippen LogP contribution in [0, 0.1) is 17.0 Å². The number of nitro groups is 1. The summed E-state index contributed by atoms with van der Waals surface area (Å²) in [5.74, 6) is -0.426. The van der Waals surface area contributed by atoms with E-state index in [1.54, 1.807) is 12.1 Å². The Morgan fingerprint density at radius 1 is 1.18 bits per heavy atom. The molecule has 4 aromatic rings.